The molecule has 0 spiro atoms. The van der Waals surface area contributed by atoms with Crippen LogP contribution < -0.4 is 5.32 Å². The van der Waals surface area contributed by atoms with Crippen molar-refractivity contribution in [2.75, 3.05) is 13.1 Å². The van der Waals surface area contributed by atoms with Crippen molar-refractivity contribution in [2.45, 2.75) is 50.9 Å². The van der Waals surface area contributed by atoms with Crippen molar-refractivity contribution in [3.63, 3.8) is 0 Å². The summed E-state index contributed by atoms with van der Waals surface area (Å²) in [5, 5.41) is 3.35. The molecule has 0 saturated carbocycles. The van der Waals surface area contributed by atoms with Gasteiger partial charge in [-0.3, -0.25) is 0 Å². The summed E-state index contributed by atoms with van der Waals surface area (Å²) in [6.07, 6.45) is 2.83. The Morgan fingerprint density at radius 1 is 1.38 bits per heavy atom. The van der Waals surface area contributed by atoms with Gasteiger partial charge in [0, 0.05) is 30.6 Å². The number of rotatable bonds is 5. The van der Waals surface area contributed by atoms with Gasteiger partial charge in [0.15, 0.2) is 0 Å². The largest absolute Gasteiger partial charge is 0.310 e. The lowest BCUT2D eigenvalue weighted by Gasteiger charge is -2.23. The molecule has 0 bridgehead atoms. The fourth-order valence-electron chi connectivity index (χ4n) is 2.19. The molecular formula is C15H24N2O2S2. The molecule has 1 N–H and O–H groups in total. The Bertz CT molecular complexity index is 630. The third-order valence-electron chi connectivity index (χ3n) is 3.66. The first kappa shape index (κ1) is 16.7. The second kappa shape index (κ2) is 6.60. The quantitative estimate of drug-likeness (QED) is 0.846. The summed E-state index contributed by atoms with van der Waals surface area (Å²) < 4.78 is 27.4. The number of aryl methyl sites for hydroxylation is 1. The molecule has 2 heterocycles. The third kappa shape index (κ3) is 3.94. The predicted molar refractivity (Wildman–Crippen MR) is 88.2 cm³/mol. The Labute approximate surface area is 131 Å². The summed E-state index contributed by atoms with van der Waals surface area (Å²) in [6, 6.07) is 2.20. The minimum atomic E-state index is -3.35. The molecule has 0 atom stereocenters. The zero-order valence-electron chi connectivity index (χ0n) is 13.1. The second-order valence-electron chi connectivity index (χ2n) is 5.87. The molecule has 6 heteroatoms. The van der Waals surface area contributed by atoms with Crippen LogP contribution in [-0.4, -0.2) is 31.9 Å². The van der Waals surface area contributed by atoms with Crippen LogP contribution in [0.5, 0.6) is 0 Å². The lowest BCUT2D eigenvalue weighted by atomic mass is 10.1. The Balaban J connectivity index is 2.19. The van der Waals surface area contributed by atoms with Crippen LogP contribution in [0.1, 0.15) is 37.6 Å². The molecule has 0 saturated heterocycles. The van der Waals surface area contributed by atoms with E-state index in [9.17, 15) is 8.42 Å². The summed E-state index contributed by atoms with van der Waals surface area (Å²) in [7, 11) is -3.35. The van der Waals surface area contributed by atoms with E-state index in [4.69, 9.17) is 0 Å². The van der Waals surface area contributed by atoms with Gasteiger partial charge >= 0.3 is 0 Å². The highest BCUT2D eigenvalue weighted by molar-refractivity contribution is 7.91. The second-order valence-corrected chi connectivity index (χ2v) is 9.17. The van der Waals surface area contributed by atoms with Crippen LogP contribution in [0.2, 0.25) is 0 Å². The zero-order valence-corrected chi connectivity index (χ0v) is 14.8. The average Bonchev–Trinajstić information content (AvgIpc) is 2.79. The van der Waals surface area contributed by atoms with Crippen molar-refractivity contribution in [1.82, 2.24) is 9.62 Å². The summed E-state index contributed by atoms with van der Waals surface area (Å²) in [5.74, 6) is 0. The molecule has 21 heavy (non-hydrogen) atoms. The molecule has 1 aromatic rings. The van der Waals surface area contributed by atoms with Crippen LogP contribution in [0, 0.1) is 6.92 Å². The summed E-state index contributed by atoms with van der Waals surface area (Å²) in [6.45, 7) is 10.0. The highest BCUT2D eigenvalue weighted by Gasteiger charge is 2.27. The molecular weight excluding hydrogens is 304 g/mol. The van der Waals surface area contributed by atoms with E-state index < -0.39 is 10.0 Å². The minimum absolute atomic E-state index is 0.391. The molecule has 2 rings (SSSR count). The standard InChI is InChI=1S/C15H24N2O2S2/c1-11(2)16-10-14-13(4)9-15(20-14)21(18,19)17-7-5-12(3)6-8-17/h5,9,11,16H,6-8,10H2,1-4H3. The van der Waals surface area contributed by atoms with Crippen molar-refractivity contribution in [1.29, 1.82) is 0 Å². The van der Waals surface area contributed by atoms with Gasteiger partial charge in [0.1, 0.15) is 4.21 Å². The Morgan fingerprint density at radius 2 is 2.10 bits per heavy atom. The number of thiophene rings is 1. The van der Waals surface area contributed by atoms with E-state index in [0.29, 0.717) is 23.3 Å². The number of nitrogens with one attached hydrogen (secondary N) is 1. The average molecular weight is 329 g/mol. The Kier molecular flexibility index (Phi) is 5.24. The van der Waals surface area contributed by atoms with E-state index in [-0.39, 0.29) is 0 Å². The fraction of sp³-hybridized carbons (Fsp3) is 0.600. The lowest BCUT2D eigenvalue weighted by Crippen LogP contribution is -2.34. The molecule has 0 unspecified atom stereocenters. The van der Waals surface area contributed by atoms with Gasteiger partial charge in [-0.1, -0.05) is 25.5 Å². The van der Waals surface area contributed by atoms with Gasteiger partial charge in [-0.15, -0.1) is 11.3 Å². The van der Waals surface area contributed by atoms with Crippen LogP contribution in [0.25, 0.3) is 0 Å². The zero-order chi connectivity index (χ0) is 15.6. The topological polar surface area (TPSA) is 49.4 Å². The van der Waals surface area contributed by atoms with Gasteiger partial charge in [-0.2, -0.15) is 4.31 Å². The highest BCUT2D eigenvalue weighted by atomic mass is 32.2. The van der Waals surface area contributed by atoms with Crippen LogP contribution in [0.3, 0.4) is 0 Å². The first-order valence-electron chi connectivity index (χ1n) is 7.29. The van der Waals surface area contributed by atoms with Crippen molar-refractivity contribution in [3.8, 4) is 0 Å². The molecule has 0 aromatic carbocycles. The highest BCUT2D eigenvalue weighted by Crippen LogP contribution is 2.29. The molecule has 4 nitrogen and oxygen atoms in total. The van der Waals surface area contributed by atoms with Crippen molar-refractivity contribution >= 4 is 21.4 Å². The van der Waals surface area contributed by atoms with Gasteiger partial charge in [0.05, 0.1) is 0 Å². The van der Waals surface area contributed by atoms with E-state index in [1.165, 1.54) is 16.9 Å². The number of hydrogen-bond donors (Lipinski definition) is 1. The number of sulfonamides is 1. The van der Waals surface area contributed by atoms with E-state index in [0.717, 1.165) is 23.4 Å². The van der Waals surface area contributed by atoms with Crippen LogP contribution in [0.4, 0.5) is 0 Å². The summed E-state index contributed by atoms with van der Waals surface area (Å²) >= 11 is 1.39. The maximum absolute atomic E-state index is 12.7. The molecule has 1 aromatic heterocycles. The lowest BCUT2D eigenvalue weighted by molar-refractivity contribution is 0.433. The molecule has 118 valence electrons. The Hall–Kier alpha value is -0.690. The smallest absolute Gasteiger partial charge is 0.252 e. The maximum Gasteiger partial charge on any atom is 0.252 e. The third-order valence-corrected chi connectivity index (χ3v) is 7.21. The Morgan fingerprint density at radius 3 is 2.67 bits per heavy atom. The van der Waals surface area contributed by atoms with Gasteiger partial charge < -0.3 is 5.32 Å². The fourth-order valence-corrected chi connectivity index (χ4v) is 5.26. The molecule has 1 aliphatic heterocycles. The maximum atomic E-state index is 12.7. The van der Waals surface area contributed by atoms with Crippen molar-refractivity contribution in [2.24, 2.45) is 0 Å². The molecule has 0 aliphatic carbocycles. The number of nitrogens with zero attached hydrogens (tertiary/aromatic N) is 1. The molecule has 0 radical (unpaired) electrons. The van der Waals surface area contributed by atoms with E-state index >= 15 is 0 Å². The number of hydrogen-bond acceptors (Lipinski definition) is 4. The predicted octanol–water partition coefficient (Wildman–Crippen LogP) is 2.90. The van der Waals surface area contributed by atoms with Gasteiger partial charge in [0.25, 0.3) is 10.0 Å². The monoisotopic (exact) mass is 328 g/mol. The minimum Gasteiger partial charge on any atom is -0.310 e. The molecule has 0 fully saturated rings. The normalized spacial score (nSPS) is 17.3. The summed E-state index contributed by atoms with van der Waals surface area (Å²) in [5.41, 5.74) is 2.32. The van der Waals surface area contributed by atoms with Crippen LogP contribution in [0.15, 0.2) is 21.9 Å². The van der Waals surface area contributed by atoms with Gasteiger partial charge in [-0.25, -0.2) is 8.42 Å². The first-order chi connectivity index (χ1) is 9.80. The van der Waals surface area contributed by atoms with Crippen molar-refractivity contribution in [3.05, 3.63) is 28.2 Å². The van der Waals surface area contributed by atoms with E-state index in [1.807, 2.05) is 19.1 Å². The van der Waals surface area contributed by atoms with E-state index in [1.54, 1.807) is 4.31 Å². The summed E-state index contributed by atoms with van der Waals surface area (Å²) in [4.78, 5) is 1.10. The SMILES string of the molecule is CC1=CCN(S(=O)(=O)c2cc(C)c(CNC(C)C)s2)CC1. The van der Waals surface area contributed by atoms with Crippen molar-refractivity contribution < 1.29 is 8.42 Å². The van der Waals surface area contributed by atoms with Gasteiger partial charge in [0.2, 0.25) is 0 Å². The van der Waals surface area contributed by atoms with Gasteiger partial charge in [-0.05, 0) is 31.9 Å². The van der Waals surface area contributed by atoms with Crippen LogP contribution >= 0.6 is 11.3 Å². The van der Waals surface area contributed by atoms with E-state index in [2.05, 4.69) is 26.1 Å². The molecule has 1 aliphatic rings. The first-order valence-corrected chi connectivity index (χ1v) is 9.55. The molecule has 0 amide bonds. The van der Waals surface area contributed by atoms with Crippen LogP contribution in [-0.2, 0) is 16.6 Å².